The monoisotopic (exact) mass is 354 g/mol. The first-order valence-electron chi connectivity index (χ1n) is 10.4. The highest BCUT2D eigenvalue weighted by atomic mass is 16.6. The summed E-state index contributed by atoms with van der Waals surface area (Å²) in [5.41, 5.74) is -1.40. The van der Waals surface area contributed by atoms with Crippen molar-refractivity contribution in [2.24, 2.45) is 70.0 Å². The molecule has 0 aromatic rings. The molecular formula is C21H22O5. The van der Waals surface area contributed by atoms with Gasteiger partial charge in [-0.2, -0.15) is 0 Å². The third-order valence-corrected chi connectivity index (χ3v) is 11.0. The minimum Gasteiger partial charge on any atom is -0.469 e. The number of hydrogen-bond donors (Lipinski definition) is 0. The largest absolute Gasteiger partial charge is 0.469 e. The Morgan fingerprint density at radius 1 is 1.00 bits per heavy atom. The zero-order chi connectivity index (χ0) is 17.3. The SMILES string of the molecule is COC(=O)[C@@]12[C@@H]3[C@@H]4CC[C@H]5OC(=O)[C@@]16[C@@H]([C@@H]3[C@H]1[C@@H]6[C@H]3CCC(=O)[C@@H]3[C@@H]12)[C@H]45. The van der Waals surface area contributed by atoms with Crippen molar-refractivity contribution >= 4 is 17.7 Å². The average molecular weight is 354 g/mol. The predicted molar refractivity (Wildman–Crippen MR) is 85.1 cm³/mol. The first-order chi connectivity index (χ1) is 12.6. The van der Waals surface area contributed by atoms with E-state index in [1.54, 1.807) is 0 Å². The molecule has 9 aliphatic rings. The number of rotatable bonds is 1. The lowest BCUT2D eigenvalue weighted by Gasteiger charge is -2.60. The Kier molecular flexibility index (Phi) is 1.86. The molecule has 5 nitrogen and oxygen atoms in total. The van der Waals surface area contributed by atoms with Gasteiger partial charge >= 0.3 is 11.9 Å². The molecule has 8 saturated carbocycles. The Labute approximate surface area is 151 Å². The number of esters is 2. The van der Waals surface area contributed by atoms with Gasteiger partial charge in [0.1, 0.15) is 11.9 Å². The van der Waals surface area contributed by atoms with Crippen molar-refractivity contribution in [1.82, 2.24) is 0 Å². The zero-order valence-electron chi connectivity index (χ0n) is 14.7. The van der Waals surface area contributed by atoms with Gasteiger partial charge in [0.15, 0.2) is 0 Å². The molecule has 1 spiro atoms. The molecule has 8 bridgehead atoms. The van der Waals surface area contributed by atoms with Crippen LogP contribution in [0.4, 0.5) is 0 Å². The van der Waals surface area contributed by atoms with Gasteiger partial charge in [0, 0.05) is 18.3 Å². The van der Waals surface area contributed by atoms with Gasteiger partial charge in [-0.25, -0.2) is 0 Å². The predicted octanol–water partition coefficient (Wildman–Crippen LogP) is 1.44. The van der Waals surface area contributed by atoms with Crippen LogP contribution in [0, 0.1) is 70.0 Å². The van der Waals surface area contributed by atoms with E-state index in [1.165, 1.54) is 7.11 Å². The number of ketones is 1. The number of Topliss-reactive ketones (excluding diaryl/α,β-unsaturated/α-hetero) is 1. The average Bonchev–Trinajstić information content (AvgIpc) is 3.41. The van der Waals surface area contributed by atoms with E-state index >= 15 is 0 Å². The Morgan fingerprint density at radius 3 is 2.62 bits per heavy atom. The molecule has 0 amide bonds. The van der Waals surface area contributed by atoms with Crippen LogP contribution in [-0.2, 0) is 23.9 Å². The molecule has 13 atom stereocenters. The fraction of sp³-hybridized carbons (Fsp3) is 0.857. The summed E-state index contributed by atoms with van der Waals surface area (Å²) in [7, 11) is 1.47. The fourth-order valence-corrected chi connectivity index (χ4v) is 11.6. The molecule has 0 radical (unpaired) electrons. The van der Waals surface area contributed by atoms with Gasteiger partial charge in [-0.3, -0.25) is 14.4 Å². The Morgan fingerprint density at radius 2 is 1.81 bits per heavy atom. The quantitative estimate of drug-likeness (QED) is 0.667. The summed E-state index contributed by atoms with van der Waals surface area (Å²) in [6.45, 7) is 0. The van der Waals surface area contributed by atoms with Crippen molar-refractivity contribution in [2.75, 3.05) is 7.11 Å². The molecule has 0 unspecified atom stereocenters. The number of carbonyl (C=O) groups excluding carboxylic acids is 3. The molecule has 1 aliphatic heterocycles. The third kappa shape index (κ3) is 0.848. The number of fused-ring (bicyclic) bond motifs is 1. The van der Waals surface area contributed by atoms with Gasteiger partial charge in [0.2, 0.25) is 0 Å². The maximum Gasteiger partial charge on any atom is 0.314 e. The Bertz CT molecular complexity index is 849. The summed E-state index contributed by atoms with van der Waals surface area (Å²) < 4.78 is 11.5. The van der Waals surface area contributed by atoms with Crippen molar-refractivity contribution in [1.29, 1.82) is 0 Å². The van der Waals surface area contributed by atoms with E-state index < -0.39 is 10.8 Å². The van der Waals surface area contributed by atoms with Crippen molar-refractivity contribution < 1.29 is 23.9 Å². The number of methoxy groups -OCH3 is 1. The highest BCUT2D eigenvalue weighted by Gasteiger charge is 3.02. The minimum atomic E-state index is -0.749. The van der Waals surface area contributed by atoms with Gasteiger partial charge in [0.25, 0.3) is 0 Å². The van der Waals surface area contributed by atoms with Crippen molar-refractivity contribution in [3.63, 3.8) is 0 Å². The zero-order valence-corrected chi connectivity index (χ0v) is 14.7. The summed E-state index contributed by atoms with van der Waals surface area (Å²) in [5, 5.41) is 0. The standard InChI is InChI=1S/C21H22O5/c1-25-18(23)20-15-7-3-5-9-11(7)17-13(15)12-14(21(17,20)19(24)26-9)6-2-4-8(22)10(6)16(12)20/h6-7,9-17H,2-5H2,1H3/t6-,7+,9+,10+,11+,12-,13+,14-,15+,16-,17+,20-,21+/m0/s1. The lowest BCUT2D eigenvalue weighted by molar-refractivity contribution is -0.232. The molecule has 5 heteroatoms. The van der Waals surface area contributed by atoms with E-state index in [2.05, 4.69) is 0 Å². The summed E-state index contributed by atoms with van der Waals surface area (Å²) in [4.78, 5) is 39.9. The molecule has 8 aliphatic carbocycles. The third-order valence-electron chi connectivity index (χ3n) is 11.0. The molecule has 9 fully saturated rings. The van der Waals surface area contributed by atoms with Gasteiger partial charge < -0.3 is 9.47 Å². The van der Waals surface area contributed by atoms with E-state index in [0.717, 1.165) is 19.3 Å². The van der Waals surface area contributed by atoms with E-state index in [9.17, 15) is 14.4 Å². The number of carbonyl (C=O) groups is 3. The minimum absolute atomic E-state index is 0.00616. The van der Waals surface area contributed by atoms with Gasteiger partial charge in [-0.05, 0) is 66.6 Å². The normalized spacial score (nSPS) is 68.9. The van der Waals surface area contributed by atoms with Gasteiger partial charge in [-0.15, -0.1) is 0 Å². The van der Waals surface area contributed by atoms with Crippen molar-refractivity contribution in [3.05, 3.63) is 0 Å². The summed E-state index contributed by atoms with van der Waals surface area (Å²) in [6, 6.07) is 0. The molecule has 26 heavy (non-hydrogen) atoms. The van der Waals surface area contributed by atoms with E-state index in [1.807, 2.05) is 0 Å². The van der Waals surface area contributed by atoms with Crippen molar-refractivity contribution in [3.8, 4) is 0 Å². The van der Waals surface area contributed by atoms with E-state index in [4.69, 9.17) is 9.47 Å². The van der Waals surface area contributed by atoms with Crippen LogP contribution in [-0.4, -0.2) is 30.9 Å². The van der Waals surface area contributed by atoms with Crippen LogP contribution in [0.3, 0.4) is 0 Å². The second-order valence-corrected chi connectivity index (χ2v) is 10.4. The second-order valence-electron chi connectivity index (χ2n) is 10.4. The van der Waals surface area contributed by atoms with Crippen LogP contribution in [0.1, 0.15) is 25.7 Å². The highest BCUT2D eigenvalue weighted by Crippen LogP contribution is 2.98. The Hall–Kier alpha value is -1.39. The highest BCUT2D eigenvalue weighted by molar-refractivity contribution is 5.98. The molecule has 136 valence electrons. The van der Waals surface area contributed by atoms with Crippen LogP contribution in [0.5, 0.6) is 0 Å². The molecule has 1 saturated heterocycles. The number of hydrogen-bond acceptors (Lipinski definition) is 5. The van der Waals surface area contributed by atoms with E-state index in [0.29, 0.717) is 47.7 Å². The fourth-order valence-electron chi connectivity index (χ4n) is 11.6. The van der Waals surface area contributed by atoms with Crippen molar-refractivity contribution in [2.45, 2.75) is 31.8 Å². The molecular weight excluding hydrogens is 332 g/mol. The van der Waals surface area contributed by atoms with Gasteiger partial charge in [-0.1, -0.05) is 0 Å². The first kappa shape index (κ1) is 13.7. The lowest BCUT2D eigenvalue weighted by atomic mass is 9.43. The lowest BCUT2D eigenvalue weighted by Crippen LogP contribution is -2.68. The maximum atomic E-state index is 13.6. The molecule has 0 aromatic heterocycles. The maximum absolute atomic E-state index is 13.6. The van der Waals surface area contributed by atoms with Crippen LogP contribution in [0.2, 0.25) is 0 Å². The summed E-state index contributed by atoms with van der Waals surface area (Å²) >= 11 is 0. The first-order valence-corrected chi connectivity index (χ1v) is 10.4. The molecule has 9 rings (SSSR count). The Balaban J connectivity index is 1.48. The molecule has 0 N–H and O–H groups in total. The number of ether oxygens (including phenoxy) is 2. The smallest absolute Gasteiger partial charge is 0.314 e. The second kappa shape index (κ2) is 3.51. The van der Waals surface area contributed by atoms with Gasteiger partial charge in [0.05, 0.1) is 17.9 Å². The summed E-state index contributed by atoms with van der Waals surface area (Å²) in [5.74, 6) is 3.06. The summed E-state index contributed by atoms with van der Waals surface area (Å²) in [6.07, 6.45) is 3.66. The van der Waals surface area contributed by atoms with Crippen LogP contribution >= 0.6 is 0 Å². The molecule has 0 aromatic carbocycles. The van der Waals surface area contributed by atoms with Crippen LogP contribution in [0.15, 0.2) is 0 Å². The topological polar surface area (TPSA) is 69.7 Å². The molecule has 1 heterocycles. The van der Waals surface area contributed by atoms with Crippen LogP contribution in [0.25, 0.3) is 0 Å². The van der Waals surface area contributed by atoms with E-state index in [-0.39, 0.29) is 41.7 Å². The van der Waals surface area contributed by atoms with Crippen LogP contribution < -0.4 is 0 Å².